The van der Waals surface area contributed by atoms with Crippen LogP contribution >= 0.6 is 0 Å². The van der Waals surface area contributed by atoms with E-state index in [4.69, 9.17) is 4.74 Å². The number of fused-ring (bicyclic) bond motifs is 1. The average molecular weight is 410 g/mol. The SMILES string of the molecule is C=CC(=O)N1CCC(Oc2cnc3[nH]cc(C(=O)NCCC(F)(F)F)c3c2)CC1. The molecule has 0 atom stereocenters. The second kappa shape index (κ2) is 8.54. The number of H-pyrrole nitrogens is 1. The molecule has 29 heavy (non-hydrogen) atoms. The highest BCUT2D eigenvalue weighted by Crippen LogP contribution is 2.25. The van der Waals surface area contributed by atoms with Gasteiger partial charge in [-0.2, -0.15) is 13.2 Å². The van der Waals surface area contributed by atoms with Crippen molar-refractivity contribution in [3.05, 3.63) is 36.7 Å². The number of aromatic nitrogens is 2. The van der Waals surface area contributed by atoms with Crippen LogP contribution in [0, 0.1) is 0 Å². The number of likely N-dealkylation sites (tertiary alicyclic amines) is 1. The van der Waals surface area contributed by atoms with Crippen molar-refractivity contribution in [3.8, 4) is 5.75 Å². The lowest BCUT2D eigenvalue weighted by molar-refractivity contribution is -0.133. The van der Waals surface area contributed by atoms with Gasteiger partial charge in [0.1, 0.15) is 17.5 Å². The van der Waals surface area contributed by atoms with Gasteiger partial charge in [0.25, 0.3) is 5.91 Å². The number of amides is 2. The van der Waals surface area contributed by atoms with Crippen molar-refractivity contribution in [2.75, 3.05) is 19.6 Å². The largest absolute Gasteiger partial charge is 0.489 e. The molecule has 2 aromatic heterocycles. The predicted octanol–water partition coefficient (Wildman–Crippen LogP) is 2.80. The van der Waals surface area contributed by atoms with Crippen LogP contribution in [0.15, 0.2) is 31.1 Å². The van der Waals surface area contributed by atoms with Gasteiger partial charge in [0.2, 0.25) is 5.91 Å². The molecule has 0 radical (unpaired) electrons. The van der Waals surface area contributed by atoms with Crippen molar-refractivity contribution in [3.63, 3.8) is 0 Å². The topological polar surface area (TPSA) is 87.3 Å². The van der Waals surface area contributed by atoms with E-state index < -0.39 is 25.0 Å². The summed E-state index contributed by atoms with van der Waals surface area (Å²) in [6.07, 6.45) is -0.0269. The van der Waals surface area contributed by atoms with Crippen LogP contribution in [0.25, 0.3) is 11.0 Å². The second-order valence-electron chi connectivity index (χ2n) is 6.74. The standard InChI is InChI=1S/C19H21F3N4O3/c1-2-16(27)26-7-3-12(4-8-26)29-13-9-14-15(11-25-17(14)24-10-13)18(28)23-6-5-19(20,21)22/h2,9-12H,1,3-8H2,(H,23,28)(H,24,25). The summed E-state index contributed by atoms with van der Waals surface area (Å²) in [5.41, 5.74) is 0.635. The number of rotatable bonds is 6. The molecule has 3 heterocycles. The highest BCUT2D eigenvalue weighted by Gasteiger charge is 2.27. The quantitative estimate of drug-likeness (QED) is 0.717. The molecule has 1 aliphatic rings. The van der Waals surface area contributed by atoms with Gasteiger partial charge in [-0.15, -0.1) is 0 Å². The van der Waals surface area contributed by atoms with E-state index in [-0.39, 0.29) is 17.6 Å². The van der Waals surface area contributed by atoms with Crippen molar-refractivity contribution >= 4 is 22.8 Å². The molecule has 2 N–H and O–H groups in total. The fourth-order valence-corrected chi connectivity index (χ4v) is 3.17. The van der Waals surface area contributed by atoms with Gasteiger partial charge in [0.05, 0.1) is 18.2 Å². The van der Waals surface area contributed by atoms with Crippen LogP contribution in [-0.4, -0.2) is 58.6 Å². The van der Waals surface area contributed by atoms with E-state index in [1.165, 1.54) is 18.5 Å². The lowest BCUT2D eigenvalue weighted by Crippen LogP contribution is -2.41. The Morgan fingerprint density at radius 3 is 2.76 bits per heavy atom. The molecule has 1 saturated heterocycles. The van der Waals surface area contributed by atoms with Crippen LogP contribution in [0.2, 0.25) is 0 Å². The molecule has 2 amide bonds. The minimum absolute atomic E-state index is 0.105. The van der Waals surface area contributed by atoms with Crippen molar-refractivity contribution in [2.24, 2.45) is 0 Å². The van der Waals surface area contributed by atoms with Gasteiger partial charge in [-0.1, -0.05) is 6.58 Å². The van der Waals surface area contributed by atoms with Crippen LogP contribution in [0.3, 0.4) is 0 Å². The van der Waals surface area contributed by atoms with Crippen LogP contribution in [0.4, 0.5) is 13.2 Å². The molecule has 0 unspecified atom stereocenters. The molecular weight excluding hydrogens is 389 g/mol. The Morgan fingerprint density at radius 1 is 1.38 bits per heavy atom. The summed E-state index contributed by atoms with van der Waals surface area (Å²) in [7, 11) is 0. The molecule has 0 bridgehead atoms. The Kier molecular flexibility index (Phi) is 6.09. The molecular formula is C19H21F3N4O3. The summed E-state index contributed by atoms with van der Waals surface area (Å²) in [4.78, 5) is 32.6. The Hall–Kier alpha value is -3.04. The summed E-state index contributed by atoms with van der Waals surface area (Å²) < 4.78 is 42.7. The monoisotopic (exact) mass is 410 g/mol. The first-order valence-electron chi connectivity index (χ1n) is 9.17. The van der Waals surface area contributed by atoms with E-state index in [1.54, 1.807) is 11.0 Å². The summed E-state index contributed by atoms with van der Waals surface area (Å²) in [6, 6.07) is 1.64. The van der Waals surface area contributed by atoms with E-state index in [0.717, 1.165) is 0 Å². The van der Waals surface area contributed by atoms with Crippen molar-refractivity contribution in [1.29, 1.82) is 0 Å². The van der Waals surface area contributed by atoms with Crippen LogP contribution in [0.1, 0.15) is 29.6 Å². The molecule has 1 fully saturated rings. The van der Waals surface area contributed by atoms with E-state index >= 15 is 0 Å². The number of hydrogen-bond acceptors (Lipinski definition) is 4. The number of aromatic amines is 1. The Morgan fingerprint density at radius 2 is 2.10 bits per heavy atom. The minimum Gasteiger partial charge on any atom is -0.489 e. The molecule has 0 saturated carbocycles. The van der Waals surface area contributed by atoms with Crippen molar-refractivity contribution in [1.82, 2.24) is 20.2 Å². The lowest BCUT2D eigenvalue weighted by Gasteiger charge is -2.31. The van der Waals surface area contributed by atoms with E-state index in [1.807, 2.05) is 0 Å². The Balaban J connectivity index is 1.64. The predicted molar refractivity (Wildman–Crippen MR) is 99.5 cm³/mol. The third-order valence-electron chi connectivity index (χ3n) is 4.68. The third-order valence-corrected chi connectivity index (χ3v) is 4.68. The van der Waals surface area contributed by atoms with Gasteiger partial charge < -0.3 is 19.9 Å². The summed E-state index contributed by atoms with van der Waals surface area (Å²) in [5.74, 6) is -0.273. The number of nitrogens with one attached hydrogen (secondary N) is 2. The van der Waals surface area contributed by atoms with Gasteiger partial charge in [-0.25, -0.2) is 4.98 Å². The fourth-order valence-electron chi connectivity index (χ4n) is 3.17. The number of ether oxygens (including phenoxy) is 1. The first-order valence-corrected chi connectivity index (χ1v) is 9.17. The lowest BCUT2D eigenvalue weighted by atomic mass is 10.1. The maximum absolute atomic E-state index is 12.3. The zero-order valence-corrected chi connectivity index (χ0v) is 15.6. The summed E-state index contributed by atoms with van der Waals surface area (Å²) >= 11 is 0. The average Bonchev–Trinajstić information content (AvgIpc) is 3.10. The van der Waals surface area contributed by atoms with E-state index in [0.29, 0.717) is 42.7 Å². The van der Waals surface area contributed by atoms with E-state index in [9.17, 15) is 22.8 Å². The number of carbonyl (C=O) groups excluding carboxylic acids is 2. The maximum Gasteiger partial charge on any atom is 0.390 e. The number of piperidine rings is 1. The first kappa shape index (κ1) is 20.7. The Labute approximate surface area is 164 Å². The molecule has 3 rings (SSSR count). The van der Waals surface area contributed by atoms with Gasteiger partial charge in [0, 0.05) is 44.1 Å². The number of pyridine rings is 1. The van der Waals surface area contributed by atoms with Gasteiger partial charge in [0.15, 0.2) is 0 Å². The number of hydrogen-bond donors (Lipinski definition) is 2. The summed E-state index contributed by atoms with van der Waals surface area (Å²) in [6.45, 7) is 4.09. The first-order chi connectivity index (χ1) is 13.8. The van der Waals surface area contributed by atoms with E-state index in [2.05, 4.69) is 21.9 Å². The molecule has 2 aromatic rings. The smallest absolute Gasteiger partial charge is 0.390 e. The third kappa shape index (κ3) is 5.27. The number of halogens is 3. The van der Waals surface area contributed by atoms with Crippen LogP contribution in [-0.2, 0) is 4.79 Å². The maximum atomic E-state index is 12.3. The van der Waals surface area contributed by atoms with Gasteiger partial charge in [-0.05, 0) is 12.1 Å². The number of alkyl halides is 3. The van der Waals surface area contributed by atoms with Crippen LogP contribution in [0.5, 0.6) is 5.75 Å². The van der Waals surface area contributed by atoms with Gasteiger partial charge in [-0.3, -0.25) is 9.59 Å². The number of carbonyl (C=O) groups is 2. The molecule has 7 nitrogen and oxygen atoms in total. The second-order valence-corrected chi connectivity index (χ2v) is 6.74. The molecule has 10 heteroatoms. The zero-order chi connectivity index (χ0) is 21.0. The molecule has 156 valence electrons. The van der Waals surface area contributed by atoms with Crippen molar-refractivity contribution < 1.29 is 27.5 Å². The zero-order valence-electron chi connectivity index (χ0n) is 15.6. The highest BCUT2D eigenvalue weighted by atomic mass is 19.4. The molecule has 0 aromatic carbocycles. The molecule has 1 aliphatic heterocycles. The normalized spacial score (nSPS) is 15.3. The Bertz CT molecular complexity index is 902. The van der Waals surface area contributed by atoms with Gasteiger partial charge >= 0.3 is 6.18 Å². The summed E-state index contributed by atoms with van der Waals surface area (Å²) in [5, 5.41) is 2.73. The molecule has 0 spiro atoms. The van der Waals surface area contributed by atoms with Crippen molar-refractivity contribution in [2.45, 2.75) is 31.5 Å². The highest BCUT2D eigenvalue weighted by molar-refractivity contribution is 6.06. The van der Waals surface area contributed by atoms with Crippen LogP contribution < -0.4 is 10.1 Å². The minimum atomic E-state index is -4.33. The fraction of sp³-hybridized carbons (Fsp3) is 0.421. The number of nitrogens with zero attached hydrogens (tertiary/aromatic N) is 2. The molecule has 0 aliphatic carbocycles.